The predicted molar refractivity (Wildman–Crippen MR) is 94.4 cm³/mol. The number of aromatic amines is 1. The van der Waals surface area contributed by atoms with E-state index in [4.69, 9.17) is 16.1 Å². The highest BCUT2D eigenvalue weighted by Crippen LogP contribution is 2.26. The Kier molecular flexibility index (Phi) is 3.94. The molecule has 0 aliphatic carbocycles. The van der Waals surface area contributed by atoms with E-state index in [2.05, 4.69) is 20.3 Å². The van der Waals surface area contributed by atoms with E-state index in [0.717, 1.165) is 5.56 Å². The Bertz CT molecular complexity index is 1070. The smallest absolute Gasteiger partial charge is 0.276 e. The molecule has 8 nitrogen and oxygen atoms in total. The molecule has 0 atom stereocenters. The van der Waals surface area contributed by atoms with Gasteiger partial charge in [0.1, 0.15) is 5.69 Å². The summed E-state index contributed by atoms with van der Waals surface area (Å²) in [6.45, 7) is 0. The molecule has 2 aromatic carbocycles. The van der Waals surface area contributed by atoms with Crippen molar-refractivity contribution in [1.82, 2.24) is 20.3 Å². The third-order valence-corrected chi connectivity index (χ3v) is 3.96. The van der Waals surface area contributed by atoms with E-state index in [9.17, 15) is 10.1 Å². The molecular weight excluding hydrogens is 358 g/mol. The molecular formula is C17H10ClN5O3. The molecule has 0 amide bonds. The van der Waals surface area contributed by atoms with Gasteiger partial charge in [-0.2, -0.15) is 10.1 Å². The fraction of sp³-hybridized carbons (Fsp3) is 0. The zero-order valence-electron chi connectivity index (χ0n) is 13.1. The van der Waals surface area contributed by atoms with Gasteiger partial charge in [-0.3, -0.25) is 15.2 Å². The highest BCUT2D eigenvalue weighted by molar-refractivity contribution is 6.30. The molecule has 9 heteroatoms. The van der Waals surface area contributed by atoms with Gasteiger partial charge in [0.2, 0.25) is 5.82 Å². The summed E-state index contributed by atoms with van der Waals surface area (Å²) in [6, 6.07) is 15.0. The molecule has 0 unspecified atom stereocenters. The number of nitrogens with zero attached hydrogens (tertiary/aromatic N) is 4. The summed E-state index contributed by atoms with van der Waals surface area (Å²) in [4.78, 5) is 14.6. The molecule has 1 N–H and O–H groups in total. The second-order valence-electron chi connectivity index (χ2n) is 5.40. The van der Waals surface area contributed by atoms with Crippen molar-refractivity contribution in [3.8, 4) is 34.2 Å². The Morgan fingerprint density at radius 3 is 2.42 bits per heavy atom. The van der Waals surface area contributed by atoms with Crippen LogP contribution in [0.25, 0.3) is 34.2 Å². The largest absolute Gasteiger partial charge is 0.332 e. The van der Waals surface area contributed by atoms with E-state index in [1.807, 2.05) is 12.1 Å². The van der Waals surface area contributed by atoms with Crippen LogP contribution in [0.15, 0.2) is 59.1 Å². The van der Waals surface area contributed by atoms with Gasteiger partial charge in [0.15, 0.2) is 0 Å². The summed E-state index contributed by atoms with van der Waals surface area (Å²) < 4.78 is 5.26. The maximum atomic E-state index is 10.7. The number of aromatic nitrogens is 4. The SMILES string of the molecule is O=[N+]([O-])c1ccc(-c2noc(-c3cc(-c4ccc(Cl)cc4)n[nH]3)n2)cc1. The molecule has 0 radical (unpaired) electrons. The number of hydrogen-bond donors (Lipinski definition) is 1. The lowest BCUT2D eigenvalue weighted by atomic mass is 10.1. The molecule has 0 bridgehead atoms. The van der Waals surface area contributed by atoms with Crippen molar-refractivity contribution in [2.45, 2.75) is 0 Å². The minimum absolute atomic E-state index is 0.00126. The van der Waals surface area contributed by atoms with Gasteiger partial charge in [0, 0.05) is 28.3 Å². The van der Waals surface area contributed by atoms with Crippen LogP contribution in [-0.4, -0.2) is 25.3 Å². The summed E-state index contributed by atoms with van der Waals surface area (Å²) in [7, 11) is 0. The molecule has 4 rings (SSSR count). The van der Waals surface area contributed by atoms with Crippen LogP contribution < -0.4 is 0 Å². The van der Waals surface area contributed by atoms with Gasteiger partial charge >= 0.3 is 0 Å². The first kappa shape index (κ1) is 16.0. The van der Waals surface area contributed by atoms with E-state index < -0.39 is 4.92 Å². The second-order valence-corrected chi connectivity index (χ2v) is 5.84. The molecule has 0 aliphatic rings. The fourth-order valence-corrected chi connectivity index (χ4v) is 2.51. The zero-order valence-corrected chi connectivity index (χ0v) is 13.8. The molecule has 128 valence electrons. The van der Waals surface area contributed by atoms with E-state index in [-0.39, 0.29) is 11.6 Å². The summed E-state index contributed by atoms with van der Waals surface area (Å²) in [5.41, 5.74) is 2.79. The molecule has 26 heavy (non-hydrogen) atoms. The summed E-state index contributed by atoms with van der Waals surface area (Å²) >= 11 is 5.89. The van der Waals surface area contributed by atoms with E-state index in [0.29, 0.717) is 27.8 Å². The number of rotatable bonds is 4. The van der Waals surface area contributed by atoms with Crippen LogP contribution >= 0.6 is 11.6 Å². The number of hydrogen-bond acceptors (Lipinski definition) is 6. The minimum Gasteiger partial charge on any atom is -0.332 e. The Morgan fingerprint density at radius 2 is 1.73 bits per heavy atom. The van der Waals surface area contributed by atoms with Gasteiger partial charge in [0.25, 0.3) is 11.6 Å². The maximum absolute atomic E-state index is 10.7. The zero-order chi connectivity index (χ0) is 18.1. The van der Waals surface area contributed by atoms with Crippen molar-refractivity contribution in [2.75, 3.05) is 0 Å². The van der Waals surface area contributed by atoms with Gasteiger partial charge in [-0.05, 0) is 30.3 Å². The van der Waals surface area contributed by atoms with Crippen LogP contribution in [0.2, 0.25) is 5.02 Å². The normalized spacial score (nSPS) is 10.8. The van der Waals surface area contributed by atoms with Crippen molar-refractivity contribution in [3.05, 3.63) is 69.7 Å². The molecule has 2 heterocycles. The lowest BCUT2D eigenvalue weighted by Crippen LogP contribution is -1.87. The molecule has 0 fully saturated rings. The lowest BCUT2D eigenvalue weighted by molar-refractivity contribution is -0.384. The Labute approximate surface area is 151 Å². The summed E-state index contributed by atoms with van der Waals surface area (Å²) in [6.07, 6.45) is 0. The maximum Gasteiger partial charge on any atom is 0.276 e. The monoisotopic (exact) mass is 367 g/mol. The lowest BCUT2D eigenvalue weighted by Gasteiger charge is -1.94. The third kappa shape index (κ3) is 3.05. The van der Waals surface area contributed by atoms with Crippen molar-refractivity contribution in [2.24, 2.45) is 0 Å². The van der Waals surface area contributed by atoms with Crippen LogP contribution in [0.1, 0.15) is 0 Å². The highest BCUT2D eigenvalue weighted by atomic mass is 35.5. The van der Waals surface area contributed by atoms with E-state index >= 15 is 0 Å². The first-order valence-corrected chi connectivity index (χ1v) is 7.88. The topological polar surface area (TPSA) is 111 Å². The molecule has 0 saturated heterocycles. The molecule has 0 aliphatic heterocycles. The Balaban J connectivity index is 1.60. The number of nitro groups is 1. The minimum atomic E-state index is -0.464. The van der Waals surface area contributed by atoms with Crippen molar-refractivity contribution in [3.63, 3.8) is 0 Å². The van der Waals surface area contributed by atoms with Gasteiger partial charge in [0.05, 0.1) is 10.6 Å². The van der Waals surface area contributed by atoms with Gasteiger partial charge in [-0.1, -0.05) is 28.9 Å². The number of halogens is 1. The fourth-order valence-electron chi connectivity index (χ4n) is 2.38. The van der Waals surface area contributed by atoms with E-state index in [1.165, 1.54) is 12.1 Å². The van der Waals surface area contributed by atoms with Crippen molar-refractivity contribution >= 4 is 17.3 Å². The van der Waals surface area contributed by atoms with Crippen molar-refractivity contribution < 1.29 is 9.45 Å². The summed E-state index contributed by atoms with van der Waals surface area (Å²) in [5, 5.41) is 22.4. The average Bonchev–Trinajstić information content (AvgIpc) is 3.32. The van der Waals surface area contributed by atoms with Crippen LogP contribution in [0.4, 0.5) is 5.69 Å². The van der Waals surface area contributed by atoms with Gasteiger partial charge in [-0.15, -0.1) is 0 Å². The number of benzene rings is 2. The number of nitro benzene ring substituents is 1. The first-order valence-electron chi connectivity index (χ1n) is 7.50. The van der Waals surface area contributed by atoms with Crippen LogP contribution in [0.3, 0.4) is 0 Å². The third-order valence-electron chi connectivity index (χ3n) is 3.71. The number of nitrogens with one attached hydrogen (secondary N) is 1. The van der Waals surface area contributed by atoms with Crippen LogP contribution in [0, 0.1) is 10.1 Å². The molecule has 4 aromatic rings. The Morgan fingerprint density at radius 1 is 1.04 bits per heavy atom. The Hall–Kier alpha value is -3.52. The van der Waals surface area contributed by atoms with Gasteiger partial charge < -0.3 is 4.52 Å². The van der Waals surface area contributed by atoms with Crippen LogP contribution in [0.5, 0.6) is 0 Å². The highest BCUT2D eigenvalue weighted by Gasteiger charge is 2.15. The van der Waals surface area contributed by atoms with Crippen molar-refractivity contribution in [1.29, 1.82) is 0 Å². The molecule has 2 aromatic heterocycles. The predicted octanol–water partition coefficient (Wildman–Crippen LogP) is 4.36. The summed E-state index contributed by atoms with van der Waals surface area (Å²) in [5.74, 6) is 0.601. The average molecular weight is 368 g/mol. The molecule has 0 spiro atoms. The quantitative estimate of drug-likeness (QED) is 0.424. The molecule has 0 saturated carbocycles. The number of H-pyrrole nitrogens is 1. The van der Waals surface area contributed by atoms with E-state index in [1.54, 1.807) is 30.3 Å². The standard InChI is InChI=1S/C17H10ClN5O3/c18-12-5-1-10(2-6-12)14-9-15(21-20-14)17-19-16(22-26-17)11-3-7-13(8-4-11)23(24)25/h1-9H,(H,20,21). The van der Waals surface area contributed by atoms with Crippen LogP contribution in [-0.2, 0) is 0 Å². The van der Waals surface area contributed by atoms with Gasteiger partial charge in [-0.25, -0.2) is 0 Å². The number of non-ortho nitro benzene ring substituents is 1. The second kappa shape index (κ2) is 6.41. The first-order chi connectivity index (χ1) is 12.6.